The largest absolute Gasteiger partial charge is 0.350 e. The van der Waals surface area contributed by atoms with Crippen LogP contribution in [0.3, 0.4) is 0 Å². The molecular weight excluding hydrogens is 214 g/mol. The Labute approximate surface area is 105 Å². The van der Waals surface area contributed by atoms with Crippen molar-refractivity contribution in [1.29, 1.82) is 0 Å². The van der Waals surface area contributed by atoms with Gasteiger partial charge in [-0.25, -0.2) is 0 Å². The minimum atomic E-state index is -0.152. The van der Waals surface area contributed by atoms with Crippen molar-refractivity contribution in [1.82, 2.24) is 15.5 Å². The Morgan fingerprint density at radius 1 is 1.47 bits per heavy atom. The zero-order valence-electron chi connectivity index (χ0n) is 11.8. The summed E-state index contributed by atoms with van der Waals surface area (Å²) in [6.45, 7) is 11.2. The van der Waals surface area contributed by atoms with Crippen molar-refractivity contribution < 1.29 is 4.79 Å². The summed E-state index contributed by atoms with van der Waals surface area (Å²) >= 11 is 0. The fraction of sp³-hybridized carbons (Fsp3) is 0.923. The average molecular weight is 241 g/mol. The molecular formula is C13H27N3O. The molecule has 0 aliphatic carbocycles. The molecule has 0 aromatic heterocycles. The molecule has 2 unspecified atom stereocenters. The lowest BCUT2D eigenvalue weighted by Gasteiger charge is -2.24. The number of nitrogens with zero attached hydrogens (tertiary/aromatic N) is 1. The summed E-state index contributed by atoms with van der Waals surface area (Å²) in [5, 5.41) is 6.32. The number of carbonyl (C=O) groups is 1. The van der Waals surface area contributed by atoms with Crippen molar-refractivity contribution in [2.45, 2.75) is 45.7 Å². The summed E-state index contributed by atoms with van der Waals surface area (Å²) in [5.41, 5.74) is -0.152. The van der Waals surface area contributed by atoms with E-state index in [4.69, 9.17) is 0 Å². The van der Waals surface area contributed by atoms with Crippen LogP contribution in [0.1, 0.15) is 34.1 Å². The molecule has 1 saturated heterocycles. The Hall–Kier alpha value is -0.610. The third-order valence-corrected chi connectivity index (χ3v) is 3.09. The van der Waals surface area contributed by atoms with Gasteiger partial charge in [-0.05, 0) is 60.2 Å². The van der Waals surface area contributed by atoms with Crippen LogP contribution in [-0.2, 0) is 4.79 Å². The minimum absolute atomic E-state index is 0.0869. The van der Waals surface area contributed by atoms with Crippen molar-refractivity contribution in [2.75, 3.05) is 26.7 Å². The van der Waals surface area contributed by atoms with E-state index in [1.54, 1.807) is 0 Å². The van der Waals surface area contributed by atoms with Crippen LogP contribution in [0.2, 0.25) is 0 Å². The van der Waals surface area contributed by atoms with Crippen LogP contribution in [0.25, 0.3) is 0 Å². The monoisotopic (exact) mass is 241 g/mol. The maximum Gasteiger partial charge on any atom is 0.237 e. The number of amides is 1. The molecule has 2 atom stereocenters. The predicted molar refractivity (Wildman–Crippen MR) is 71.0 cm³/mol. The van der Waals surface area contributed by atoms with E-state index in [1.165, 1.54) is 13.0 Å². The van der Waals surface area contributed by atoms with E-state index in [1.807, 2.05) is 27.7 Å². The maximum absolute atomic E-state index is 11.8. The topological polar surface area (TPSA) is 44.4 Å². The fourth-order valence-electron chi connectivity index (χ4n) is 2.11. The molecule has 1 aliphatic rings. The second-order valence-corrected chi connectivity index (χ2v) is 6.29. The van der Waals surface area contributed by atoms with E-state index in [0.29, 0.717) is 5.92 Å². The summed E-state index contributed by atoms with van der Waals surface area (Å²) in [6, 6.07) is -0.111. The number of carbonyl (C=O) groups excluding carboxylic acids is 1. The fourth-order valence-corrected chi connectivity index (χ4v) is 2.11. The highest BCUT2D eigenvalue weighted by atomic mass is 16.2. The van der Waals surface area contributed by atoms with Crippen molar-refractivity contribution in [3.63, 3.8) is 0 Å². The van der Waals surface area contributed by atoms with Crippen LogP contribution in [0.5, 0.6) is 0 Å². The Morgan fingerprint density at radius 2 is 2.12 bits per heavy atom. The van der Waals surface area contributed by atoms with Gasteiger partial charge in [0.05, 0.1) is 6.04 Å². The summed E-state index contributed by atoms with van der Waals surface area (Å²) in [5.74, 6) is 0.772. The number of hydrogen-bond acceptors (Lipinski definition) is 3. The lowest BCUT2D eigenvalue weighted by Crippen LogP contribution is -2.50. The van der Waals surface area contributed by atoms with Crippen LogP contribution in [0.15, 0.2) is 0 Å². The minimum Gasteiger partial charge on any atom is -0.350 e. The lowest BCUT2D eigenvalue weighted by atomic mass is 10.1. The highest BCUT2D eigenvalue weighted by Crippen LogP contribution is 2.13. The number of likely N-dealkylation sites (tertiary alicyclic amines) is 1. The second-order valence-electron chi connectivity index (χ2n) is 6.29. The summed E-state index contributed by atoms with van der Waals surface area (Å²) in [7, 11) is 2.15. The molecule has 0 saturated carbocycles. The number of nitrogens with one attached hydrogen (secondary N) is 2. The standard InChI is InChI=1S/C13H27N3O/c1-10(12(17)15-13(2,3)4)14-8-11-6-7-16(5)9-11/h10-11,14H,6-9H2,1-5H3,(H,15,17). The van der Waals surface area contributed by atoms with Gasteiger partial charge in [-0.15, -0.1) is 0 Å². The Balaban J connectivity index is 2.24. The van der Waals surface area contributed by atoms with Crippen LogP contribution in [0.4, 0.5) is 0 Å². The van der Waals surface area contributed by atoms with E-state index >= 15 is 0 Å². The molecule has 0 bridgehead atoms. The summed E-state index contributed by atoms with van der Waals surface area (Å²) in [4.78, 5) is 14.2. The van der Waals surface area contributed by atoms with Crippen molar-refractivity contribution in [3.8, 4) is 0 Å². The van der Waals surface area contributed by atoms with Gasteiger partial charge in [-0.1, -0.05) is 0 Å². The van der Waals surface area contributed by atoms with E-state index in [2.05, 4.69) is 22.6 Å². The van der Waals surface area contributed by atoms with Gasteiger partial charge in [-0.3, -0.25) is 4.79 Å². The molecule has 0 radical (unpaired) electrons. The molecule has 100 valence electrons. The second kappa shape index (κ2) is 5.83. The van der Waals surface area contributed by atoms with E-state index in [0.717, 1.165) is 13.1 Å². The quantitative estimate of drug-likeness (QED) is 0.766. The first-order valence-corrected chi connectivity index (χ1v) is 6.52. The molecule has 1 heterocycles. The first kappa shape index (κ1) is 14.5. The molecule has 1 rings (SSSR count). The summed E-state index contributed by atoms with van der Waals surface area (Å²) in [6.07, 6.45) is 1.23. The molecule has 17 heavy (non-hydrogen) atoms. The molecule has 4 heteroatoms. The Bertz CT molecular complexity index is 260. The van der Waals surface area contributed by atoms with Crippen molar-refractivity contribution in [3.05, 3.63) is 0 Å². The first-order valence-electron chi connectivity index (χ1n) is 6.52. The van der Waals surface area contributed by atoms with Crippen molar-refractivity contribution in [2.24, 2.45) is 5.92 Å². The van der Waals surface area contributed by atoms with Gasteiger partial charge in [0.2, 0.25) is 5.91 Å². The molecule has 1 amide bonds. The van der Waals surface area contributed by atoms with Gasteiger partial charge in [0.1, 0.15) is 0 Å². The molecule has 1 fully saturated rings. The van der Waals surface area contributed by atoms with Gasteiger partial charge >= 0.3 is 0 Å². The third kappa shape index (κ3) is 5.50. The van der Waals surface area contributed by atoms with Gasteiger partial charge < -0.3 is 15.5 Å². The number of rotatable bonds is 4. The van der Waals surface area contributed by atoms with Crippen LogP contribution < -0.4 is 10.6 Å². The van der Waals surface area contributed by atoms with E-state index in [-0.39, 0.29) is 17.5 Å². The lowest BCUT2D eigenvalue weighted by molar-refractivity contribution is -0.124. The predicted octanol–water partition coefficient (Wildman–Crippen LogP) is 0.831. The Morgan fingerprint density at radius 3 is 2.59 bits per heavy atom. The highest BCUT2D eigenvalue weighted by Gasteiger charge is 2.22. The van der Waals surface area contributed by atoms with Gasteiger partial charge in [0.15, 0.2) is 0 Å². The van der Waals surface area contributed by atoms with E-state index in [9.17, 15) is 4.79 Å². The first-order chi connectivity index (χ1) is 7.78. The Kier molecular flexibility index (Phi) is 4.95. The highest BCUT2D eigenvalue weighted by molar-refractivity contribution is 5.81. The van der Waals surface area contributed by atoms with Crippen LogP contribution in [-0.4, -0.2) is 49.1 Å². The third-order valence-electron chi connectivity index (χ3n) is 3.09. The van der Waals surface area contributed by atoms with Gasteiger partial charge in [0.25, 0.3) is 0 Å². The van der Waals surface area contributed by atoms with Crippen LogP contribution in [0, 0.1) is 5.92 Å². The van der Waals surface area contributed by atoms with Crippen molar-refractivity contribution >= 4 is 5.91 Å². The smallest absolute Gasteiger partial charge is 0.237 e. The normalized spacial score (nSPS) is 23.7. The molecule has 0 aromatic rings. The van der Waals surface area contributed by atoms with Gasteiger partial charge in [-0.2, -0.15) is 0 Å². The molecule has 0 spiro atoms. The molecule has 1 aliphatic heterocycles. The number of hydrogen-bond donors (Lipinski definition) is 2. The maximum atomic E-state index is 11.8. The summed E-state index contributed by atoms with van der Waals surface area (Å²) < 4.78 is 0. The zero-order chi connectivity index (χ0) is 13.1. The average Bonchev–Trinajstić information content (AvgIpc) is 2.58. The zero-order valence-corrected chi connectivity index (χ0v) is 11.8. The molecule has 4 nitrogen and oxygen atoms in total. The molecule has 2 N–H and O–H groups in total. The van der Waals surface area contributed by atoms with Crippen LogP contribution >= 0.6 is 0 Å². The SMILES string of the molecule is CC(NCC1CCN(C)C1)C(=O)NC(C)(C)C. The van der Waals surface area contributed by atoms with Gasteiger partial charge in [0, 0.05) is 12.1 Å². The van der Waals surface area contributed by atoms with E-state index < -0.39 is 0 Å². The molecule has 0 aromatic carbocycles.